The van der Waals surface area contributed by atoms with E-state index in [1.165, 1.54) is 24.8 Å². The molecule has 0 radical (unpaired) electrons. The highest BCUT2D eigenvalue weighted by Crippen LogP contribution is 2.34. The maximum absolute atomic E-state index is 9.97. The van der Waals surface area contributed by atoms with E-state index in [2.05, 4.69) is 12.2 Å². The molecular weight excluding hydrogens is 238 g/mol. The van der Waals surface area contributed by atoms with Crippen molar-refractivity contribution in [2.24, 2.45) is 0 Å². The van der Waals surface area contributed by atoms with Gasteiger partial charge in [-0.25, -0.2) is 0 Å². The van der Waals surface area contributed by atoms with Gasteiger partial charge in [0.2, 0.25) is 0 Å². The summed E-state index contributed by atoms with van der Waals surface area (Å²) in [6, 6.07) is 7.91. The van der Waals surface area contributed by atoms with Gasteiger partial charge in [-0.05, 0) is 50.3 Å². The molecule has 1 aliphatic carbocycles. The fourth-order valence-corrected chi connectivity index (χ4v) is 2.55. The number of rotatable bonds is 7. The van der Waals surface area contributed by atoms with Crippen molar-refractivity contribution >= 4 is 0 Å². The van der Waals surface area contributed by atoms with Gasteiger partial charge in [0.1, 0.15) is 18.5 Å². The zero-order chi connectivity index (χ0) is 13.7. The summed E-state index contributed by atoms with van der Waals surface area (Å²) in [6.07, 6.45) is 4.45. The largest absolute Gasteiger partial charge is 0.491 e. The van der Waals surface area contributed by atoms with Crippen molar-refractivity contribution in [3.63, 3.8) is 0 Å². The molecule has 0 aliphatic heterocycles. The van der Waals surface area contributed by atoms with E-state index in [1.807, 2.05) is 31.2 Å². The molecule has 0 aromatic heterocycles. The third-order valence-corrected chi connectivity index (χ3v) is 4.13. The molecule has 0 saturated heterocycles. The summed E-state index contributed by atoms with van der Waals surface area (Å²) in [5, 5.41) is 13.5. The number of aliphatic hydroxyl groups excluding tert-OH is 1. The molecule has 1 aliphatic rings. The van der Waals surface area contributed by atoms with Gasteiger partial charge in [-0.1, -0.05) is 19.1 Å². The summed E-state index contributed by atoms with van der Waals surface area (Å²) < 4.78 is 5.61. The molecule has 1 fully saturated rings. The van der Waals surface area contributed by atoms with Crippen LogP contribution >= 0.6 is 0 Å². The zero-order valence-electron chi connectivity index (χ0n) is 12.0. The molecule has 2 rings (SSSR count). The minimum absolute atomic E-state index is 0.282. The lowest BCUT2D eigenvalue weighted by molar-refractivity contribution is 0.0811. The molecule has 1 saturated carbocycles. The SMILES string of the molecule is CCC1(NCC(O)COc2cccc(C)c2)CCC1. The van der Waals surface area contributed by atoms with Crippen molar-refractivity contribution in [3.8, 4) is 5.75 Å². The summed E-state index contributed by atoms with van der Waals surface area (Å²) in [5.41, 5.74) is 1.45. The van der Waals surface area contributed by atoms with Crippen molar-refractivity contribution in [2.45, 2.75) is 51.2 Å². The van der Waals surface area contributed by atoms with Crippen molar-refractivity contribution in [1.29, 1.82) is 0 Å². The van der Waals surface area contributed by atoms with Crippen LogP contribution in [0.4, 0.5) is 0 Å². The molecule has 106 valence electrons. The van der Waals surface area contributed by atoms with Crippen LogP contribution < -0.4 is 10.1 Å². The van der Waals surface area contributed by atoms with Gasteiger partial charge in [0.05, 0.1) is 0 Å². The zero-order valence-corrected chi connectivity index (χ0v) is 12.0. The monoisotopic (exact) mass is 263 g/mol. The maximum atomic E-state index is 9.97. The van der Waals surface area contributed by atoms with E-state index in [-0.39, 0.29) is 5.54 Å². The number of aliphatic hydroxyl groups is 1. The van der Waals surface area contributed by atoms with Gasteiger partial charge in [0.25, 0.3) is 0 Å². The first kappa shape index (κ1) is 14.4. The van der Waals surface area contributed by atoms with Crippen LogP contribution in [0.3, 0.4) is 0 Å². The van der Waals surface area contributed by atoms with Crippen LogP contribution in [-0.2, 0) is 0 Å². The second-order valence-electron chi connectivity index (χ2n) is 5.65. The Morgan fingerprint density at radius 2 is 2.21 bits per heavy atom. The second kappa shape index (κ2) is 6.40. The standard InChI is InChI=1S/C16H25NO2/c1-3-16(8-5-9-16)17-11-14(18)12-19-15-7-4-6-13(2)10-15/h4,6-7,10,14,17-18H,3,5,8-9,11-12H2,1-2H3. The molecule has 1 unspecified atom stereocenters. The molecule has 3 heteroatoms. The maximum Gasteiger partial charge on any atom is 0.119 e. The minimum atomic E-state index is -0.454. The van der Waals surface area contributed by atoms with Crippen LogP contribution in [0, 0.1) is 6.92 Å². The van der Waals surface area contributed by atoms with Gasteiger partial charge in [-0.2, -0.15) is 0 Å². The molecule has 1 aromatic rings. The van der Waals surface area contributed by atoms with Gasteiger partial charge in [0.15, 0.2) is 0 Å². The van der Waals surface area contributed by atoms with E-state index in [9.17, 15) is 5.11 Å². The highest BCUT2D eigenvalue weighted by Gasteiger charge is 2.34. The fraction of sp³-hybridized carbons (Fsp3) is 0.625. The van der Waals surface area contributed by atoms with Gasteiger partial charge in [0, 0.05) is 12.1 Å². The van der Waals surface area contributed by atoms with E-state index >= 15 is 0 Å². The Morgan fingerprint density at radius 3 is 2.79 bits per heavy atom. The van der Waals surface area contributed by atoms with E-state index < -0.39 is 6.10 Å². The van der Waals surface area contributed by atoms with Gasteiger partial charge in [-0.15, -0.1) is 0 Å². The van der Waals surface area contributed by atoms with Gasteiger partial charge < -0.3 is 15.2 Å². The highest BCUT2D eigenvalue weighted by atomic mass is 16.5. The van der Waals surface area contributed by atoms with Crippen molar-refractivity contribution in [3.05, 3.63) is 29.8 Å². The number of hydrogen-bond donors (Lipinski definition) is 2. The number of hydrogen-bond acceptors (Lipinski definition) is 3. The summed E-state index contributed by atoms with van der Waals surface area (Å²) >= 11 is 0. The third-order valence-electron chi connectivity index (χ3n) is 4.13. The Morgan fingerprint density at radius 1 is 1.42 bits per heavy atom. The summed E-state index contributed by atoms with van der Waals surface area (Å²) in [6.45, 7) is 5.20. The molecule has 3 nitrogen and oxygen atoms in total. The van der Waals surface area contributed by atoms with Crippen LogP contribution in [0.1, 0.15) is 38.2 Å². The van der Waals surface area contributed by atoms with E-state index in [1.54, 1.807) is 0 Å². The molecule has 0 amide bonds. The van der Waals surface area contributed by atoms with Crippen LogP contribution in [0.25, 0.3) is 0 Å². The molecule has 19 heavy (non-hydrogen) atoms. The van der Waals surface area contributed by atoms with Crippen molar-refractivity contribution in [2.75, 3.05) is 13.2 Å². The van der Waals surface area contributed by atoms with Gasteiger partial charge in [-0.3, -0.25) is 0 Å². The lowest BCUT2D eigenvalue weighted by atomic mass is 9.75. The topological polar surface area (TPSA) is 41.5 Å². The van der Waals surface area contributed by atoms with Crippen molar-refractivity contribution < 1.29 is 9.84 Å². The second-order valence-corrected chi connectivity index (χ2v) is 5.65. The molecule has 0 heterocycles. The lowest BCUT2D eigenvalue weighted by Gasteiger charge is -2.42. The first-order valence-corrected chi connectivity index (χ1v) is 7.26. The molecule has 0 spiro atoms. The van der Waals surface area contributed by atoms with Crippen LogP contribution in [-0.4, -0.2) is 29.9 Å². The van der Waals surface area contributed by atoms with E-state index in [0.717, 1.165) is 12.2 Å². The molecule has 0 bridgehead atoms. The summed E-state index contributed by atoms with van der Waals surface area (Å²) in [5.74, 6) is 0.827. The average molecular weight is 263 g/mol. The van der Waals surface area contributed by atoms with Crippen LogP contribution in [0.15, 0.2) is 24.3 Å². The molecule has 1 aromatic carbocycles. The van der Waals surface area contributed by atoms with Crippen LogP contribution in [0.5, 0.6) is 5.75 Å². The molecular formula is C16H25NO2. The summed E-state index contributed by atoms with van der Waals surface area (Å²) in [7, 11) is 0. The predicted octanol–water partition coefficient (Wildman–Crippen LogP) is 2.66. The molecule has 1 atom stereocenters. The number of β-amino-alcohol motifs (C(OH)–C–C–N with tert-alkyl or cyclic N) is 1. The van der Waals surface area contributed by atoms with Crippen molar-refractivity contribution in [1.82, 2.24) is 5.32 Å². The Bertz CT molecular complexity index is 396. The first-order chi connectivity index (χ1) is 9.13. The molecule has 2 N–H and O–H groups in total. The average Bonchev–Trinajstić information content (AvgIpc) is 2.36. The quantitative estimate of drug-likeness (QED) is 0.794. The number of aryl methyl sites for hydroxylation is 1. The Labute approximate surface area is 116 Å². The number of nitrogens with one attached hydrogen (secondary N) is 1. The van der Waals surface area contributed by atoms with Gasteiger partial charge >= 0.3 is 0 Å². The number of ether oxygens (including phenoxy) is 1. The number of benzene rings is 1. The van der Waals surface area contributed by atoms with E-state index in [4.69, 9.17) is 4.74 Å². The highest BCUT2D eigenvalue weighted by molar-refractivity contribution is 5.27. The Balaban J connectivity index is 1.71. The lowest BCUT2D eigenvalue weighted by Crippen LogP contribution is -2.53. The Hall–Kier alpha value is -1.06. The predicted molar refractivity (Wildman–Crippen MR) is 77.6 cm³/mol. The normalized spacial score (nSPS) is 18.7. The van der Waals surface area contributed by atoms with Crippen LogP contribution in [0.2, 0.25) is 0 Å². The first-order valence-electron chi connectivity index (χ1n) is 7.26. The third kappa shape index (κ3) is 3.95. The van der Waals surface area contributed by atoms with E-state index in [0.29, 0.717) is 13.2 Å². The smallest absolute Gasteiger partial charge is 0.119 e. The fourth-order valence-electron chi connectivity index (χ4n) is 2.55. The minimum Gasteiger partial charge on any atom is -0.491 e. The Kier molecular flexibility index (Phi) is 4.83. The summed E-state index contributed by atoms with van der Waals surface area (Å²) in [4.78, 5) is 0.